The maximum atomic E-state index is 12.8. The number of carbonyl (C=O) groups is 1. The summed E-state index contributed by atoms with van der Waals surface area (Å²) in [7, 11) is 1.36. The van der Waals surface area contributed by atoms with Gasteiger partial charge in [0, 0.05) is 19.5 Å². The van der Waals surface area contributed by atoms with Gasteiger partial charge in [0.25, 0.3) is 0 Å². The number of carbonyl (C=O) groups excluding carboxylic acids is 1. The van der Waals surface area contributed by atoms with Crippen LogP contribution in [0.4, 0.5) is 5.82 Å². The molecule has 0 radical (unpaired) electrons. The van der Waals surface area contributed by atoms with Crippen LogP contribution in [-0.4, -0.2) is 53.5 Å². The van der Waals surface area contributed by atoms with E-state index in [1.807, 2.05) is 20.8 Å². The van der Waals surface area contributed by atoms with Gasteiger partial charge in [-0.25, -0.2) is 14.8 Å². The van der Waals surface area contributed by atoms with Gasteiger partial charge in [-0.1, -0.05) is 32.8 Å². The van der Waals surface area contributed by atoms with Crippen molar-refractivity contribution in [3.63, 3.8) is 0 Å². The highest BCUT2D eigenvalue weighted by molar-refractivity contribution is 5.96. The van der Waals surface area contributed by atoms with Gasteiger partial charge in [-0.2, -0.15) is 0 Å². The van der Waals surface area contributed by atoms with E-state index >= 15 is 0 Å². The Morgan fingerprint density at radius 3 is 2.41 bits per heavy atom. The molecule has 162 valence electrons. The smallest absolute Gasteiger partial charge is 0.343 e. The number of esters is 1. The van der Waals surface area contributed by atoms with Crippen LogP contribution in [0.15, 0.2) is 12.3 Å². The first kappa shape index (κ1) is 23.1. The molecule has 7 nitrogen and oxygen atoms in total. The van der Waals surface area contributed by atoms with Crippen LogP contribution in [0.2, 0.25) is 0 Å². The molecule has 0 aliphatic carbocycles. The summed E-state index contributed by atoms with van der Waals surface area (Å²) in [6, 6.07) is 0. The summed E-state index contributed by atoms with van der Waals surface area (Å²) >= 11 is 0. The number of nitrogens with zero attached hydrogens (tertiary/aromatic N) is 3. The molecule has 0 aromatic carbocycles. The second-order valence-corrected chi connectivity index (χ2v) is 7.62. The average Bonchev–Trinajstić information content (AvgIpc) is 2.96. The minimum absolute atomic E-state index is 0.119. The summed E-state index contributed by atoms with van der Waals surface area (Å²) in [5.74, 6) is 0.972. The molecular formula is C22H35N3O4. The predicted octanol–water partition coefficient (Wildman–Crippen LogP) is 3.58. The van der Waals surface area contributed by atoms with E-state index in [0.717, 1.165) is 32.4 Å². The molecule has 1 N–H and O–H groups in total. The zero-order valence-corrected chi connectivity index (χ0v) is 18.3. The Labute approximate surface area is 174 Å². The Kier molecular flexibility index (Phi) is 8.44. The molecule has 29 heavy (non-hydrogen) atoms. The fraction of sp³-hybridized carbons (Fsp3) is 0.682. The SMILES string of the molecule is C=C(OCC)C(O)(CCC)Cc1nc(C)nc(N2CCCCCC2)c1C(=O)OC. The molecular weight excluding hydrogens is 370 g/mol. The van der Waals surface area contributed by atoms with Crippen LogP contribution in [0.3, 0.4) is 0 Å². The fourth-order valence-electron chi connectivity index (χ4n) is 3.89. The Balaban J connectivity index is 2.54. The zero-order valence-electron chi connectivity index (χ0n) is 18.3. The van der Waals surface area contributed by atoms with Gasteiger partial charge < -0.3 is 19.5 Å². The van der Waals surface area contributed by atoms with Crippen LogP contribution in [0, 0.1) is 6.92 Å². The van der Waals surface area contributed by atoms with Crippen molar-refractivity contribution in [3.8, 4) is 0 Å². The summed E-state index contributed by atoms with van der Waals surface area (Å²) < 4.78 is 10.6. The van der Waals surface area contributed by atoms with Crippen LogP contribution < -0.4 is 4.90 Å². The fourth-order valence-corrected chi connectivity index (χ4v) is 3.89. The molecule has 1 aliphatic heterocycles. The van der Waals surface area contributed by atoms with E-state index in [4.69, 9.17) is 9.47 Å². The number of hydrogen-bond donors (Lipinski definition) is 1. The number of aliphatic hydroxyl groups is 1. The molecule has 1 unspecified atom stereocenters. The van der Waals surface area contributed by atoms with Crippen molar-refractivity contribution in [2.24, 2.45) is 0 Å². The van der Waals surface area contributed by atoms with Crippen LogP contribution >= 0.6 is 0 Å². The summed E-state index contributed by atoms with van der Waals surface area (Å²) in [6.07, 6.45) is 5.76. The lowest BCUT2D eigenvalue weighted by Gasteiger charge is -2.31. The first-order valence-electron chi connectivity index (χ1n) is 10.6. The average molecular weight is 406 g/mol. The molecule has 1 saturated heterocycles. The lowest BCUT2D eigenvalue weighted by molar-refractivity contribution is 0.00545. The van der Waals surface area contributed by atoms with Crippen molar-refractivity contribution >= 4 is 11.8 Å². The van der Waals surface area contributed by atoms with Gasteiger partial charge in [0.05, 0.1) is 19.4 Å². The maximum Gasteiger partial charge on any atom is 0.343 e. The highest BCUT2D eigenvalue weighted by Crippen LogP contribution is 2.31. The minimum atomic E-state index is -1.32. The van der Waals surface area contributed by atoms with E-state index in [-0.39, 0.29) is 6.42 Å². The Morgan fingerprint density at radius 2 is 1.86 bits per heavy atom. The molecule has 2 rings (SSSR count). The van der Waals surface area contributed by atoms with Gasteiger partial charge in [-0.15, -0.1) is 0 Å². The number of methoxy groups -OCH3 is 1. The van der Waals surface area contributed by atoms with Gasteiger partial charge in [-0.3, -0.25) is 0 Å². The molecule has 0 spiro atoms. The Hall–Kier alpha value is -2.15. The number of ether oxygens (including phenoxy) is 2. The highest BCUT2D eigenvalue weighted by atomic mass is 16.5. The summed E-state index contributed by atoms with van der Waals surface area (Å²) in [6.45, 7) is 11.7. The lowest BCUT2D eigenvalue weighted by atomic mass is 9.89. The molecule has 1 aliphatic rings. The predicted molar refractivity (Wildman–Crippen MR) is 113 cm³/mol. The van der Waals surface area contributed by atoms with Crippen LogP contribution in [0.25, 0.3) is 0 Å². The standard InChI is InChI=1S/C22H35N3O4/c1-6-12-22(27,16(3)29-7-2)15-18-19(21(26)28-5)20(24-17(4)23-18)25-13-10-8-9-11-14-25/h27H,3,6-15H2,1-2,4-5H3. The normalized spacial score (nSPS) is 16.7. The van der Waals surface area contributed by atoms with E-state index < -0.39 is 11.6 Å². The molecule has 0 saturated carbocycles. The third kappa shape index (κ3) is 5.69. The highest BCUT2D eigenvalue weighted by Gasteiger charge is 2.36. The number of aryl methyl sites for hydroxylation is 1. The third-order valence-electron chi connectivity index (χ3n) is 5.33. The van der Waals surface area contributed by atoms with E-state index in [9.17, 15) is 9.90 Å². The summed E-state index contributed by atoms with van der Waals surface area (Å²) in [5.41, 5.74) is -0.510. The van der Waals surface area contributed by atoms with Crippen molar-refractivity contribution in [1.29, 1.82) is 0 Å². The lowest BCUT2D eigenvalue weighted by Crippen LogP contribution is -2.37. The van der Waals surface area contributed by atoms with E-state index in [1.165, 1.54) is 20.0 Å². The van der Waals surface area contributed by atoms with Crippen molar-refractivity contribution in [3.05, 3.63) is 29.4 Å². The first-order chi connectivity index (χ1) is 13.9. The Bertz CT molecular complexity index is 714. The monoisotopic (exact) mass is 405 g/mol. The van der Waals surface area contributed by atoms with Gasteiger partial charge >= 0.3 is 5.97 Å². The maximum absolute atomic E-state index is 12.8. The zero-order chi connectivity index (χ0) is 21.4. The van der Waals surface area contributed by atoms with E-state index in [2.05, 4.69) is 21.4 Å². The van der Waals surface area contributed by atoms with Crippen molar-refractivity contribution in [2.75, 3.05) is 31.7 Å². The van der Waals surface area contributed by atoms with Gasteiger partial charge in [0.2, 0.25) is 0 Å². The van der Waals surface area contributed by atoms with Crippen LogP contribution in [-0.2, 0) is 15.9 Å². The largest absolute Gasteiger partial charge is 0.496 e. The first-order valence-corrected chi connectivity index (χ1v) is 10.6. The topological polar surface area (TPSA) is 84.8 Å². The van der Waals surface area contributed by atoms with Crippen LogP contribution in [0.1, 0.15) is 74.2 Å². The number of hydrogen-bond acceptors (Lipinski definition) is 7. The minimum Gasteiger partial charge on any atom is -0.496 e. The van der Waals surface area contributed by atoms with Gasteiger partial charge in [0.1, 0.15) is 28.6 Å². The quantitative estimate of drug-likeness (QED) is 0.496. The molecule has 0 bridgehead atoms. The van der Waals surface area contributed by atoms with Crippen LogP contribution in [0.5, 0.6) is 0 Å². The molecule has 0 amide bonds. The van der Waals surface area contributed by atoms with Crippen molar-refractivity contribution < 1.29 is 19.4 Å². The van der Waals surface area contributed by atoms with Crippen molar-refractivity contribution in [2.45, 2.75) is 71.3 Å². The summed E-state index contributed by atoms with van der Waals surface area (Å²) in [5, 5.41) is 11.3. The van der Waals surface area contributed by atoms with E-state index in [1.54, 1.807) is 0 Å². The van der Waals surface area contributed by atoms with Crippen molar-refractivity contribution in [1.82, 2.24) is 9.97 Å². The van der Waals surface area contributed by atoms with E-state index in [0.29, 0.717) is 41.7 Å². The second-order valence-electron chi connectivity index (χ2n) is 7.62. The number of anilines is 1. The van der Waals surface area contributed by atoms with Gasteiger partial charge in [0.15, 0.2) is 0 Å². The number of rotatable bonds is 9. The van der Waals surface area contributed by atoms with Gasteiger partial charge in [-0.05, 0) is 33.1 Å². The molecule has 7 heteroatoms. The Morgan fingerprint density at radius 1 is 1.21 bits per heavy atom. The molecule has 1 aromatic rings. The summed E-state index contributed by atoms with van der Waals surface area (Å²) in [4.78, 5) is 24.1. The molecule has 1 aromatic heterocycles. The third-order valence-corrected chi connectivity index (χ3v) is 5.33. The number of aromatic nitrogens is 2. The second kappa shape index (κ2) is 10.6. The molecule has 1 fully saturated rings. The molecule has 2 heterocycles. The molecule has 1 atom stereocenters.